The number of nitrogens with two attached hydrogens (primary N) is 1. The Kier molecular flexibility index (Phi) is 10.0. The fourth-order valence-corrected chi connectivity index (χ4v) is 2.78. The van der Waals surface area contributed by atoms with E-state index in [4.69, 9.17) is 17.3 Å². The summed E-state index contributed by atoms with van der Waals surface area (Å²) in [4.78, 5) is 14.1. The molecule has 2 rings (SSSR count). The Balaban J connectivity index is 0.00000220. The number of hydrogen-bond donors (Lipinski definition) is 2. The lowest BCUT2D eigenvalue weighted by atomic mass is 10.1. The standard InChI is InChI=1S/C15H22ClN3O.2ClH/c1-11(17)15(20)18-10-14(19-7-2-3-8-19)12-5-4-6-13(16)9-12;;/h4-6,9,11,14H,2-3,7-8,10,17H2,1H3,(H,18,20);2*1H/t11-,14?;;/m1../s1. The zero-order chi connectivity index (χ0) is 14.5. The lowest BCUT2D eigenvalue weighted by Gasteiger charge is -2.28. The number of amides is 1. The van der Waals surface area contributed by atoms with Crippen molar-refractivity contribution in [2.45, 2.75) is 31.8 Å². The van der Waals surface area contributed by atoms with Gasteiger partial charge in [0.15, 0.2) is 0 Å². The van der Waals surface area contributed by atoms with Gasteiger partial charge in [0.2, 0.25) is 5.91 Å². The van der Waals surface area contributed by atoms with Gasteiger partial charge in [0.25, 0.3) is 0 Å². The van der Waals surface area contributed by atoms with Crippen LogP contribution in [0.2, 0.25) is 5.02 Å². The second-order valence-electron chi connectivity index (χ2n) is 5.35. The molecule has 0 spiro atoms. The zero-order valence-electron chi connectivity index (χ0n) is 12.6. The molecule has 0 saturated carbocycles. The molecule has 0 radical (unpaired) electrons. The van der Waals surface area contributed by atoms with Gasteiger partial charge in [-0.1, -0.05) is 23.7 Å². The molecular weight excluding hydrogens is 345 g/mol. The first-order valence-corrected chi connectivity index (χ1v) is 7.48. The Labute approximate surface area is 149 Å². The lowest BCUT2D eigenvalue weighted by molar-refractivity contribution is -0.122. The predicted octanol–water partition coefficient (Wildman–Crippen LogP) is 2.78. The first-order chi connectivity index (χ1) is 9.58. The van der Waals surface area contributed by atoms with Crippen LogP contribution in [0.5, 0.6) is 0 Å². The minimum absolute atomic E-state index is 0. The summed E-state index contributed by atoms with van der Waals surface area (Å²) in [6, 6.07) is 7.54. The third-order valence-electron chi connectivity index (χ3n) is 3.70. The van der Waals surface area contributed by atoms with Crippen molar-refractivity contribution in [3.05, 3.63) is 34.9 Å². The fraction of sp³-hybridized carbons (Fsp3) is 0.533. The van der Waals surface area contributed by atoms with Crippen molar-refractivity contribution >= 4 is 42.3 Å². The van der Waals surface area contributed by atoms with Crippen LogP contribution in [0.3, 0.4) is 0 Å². The van der Waals surface area contributed by atoms with Gasteiger partial charge in [-0.25, -0.2) is 0 Å². The van der Waals surface area contributed by atoms with Crippen LogP contribution < -0.4 is 11.1 Å². The number of rotatable bonds is 5. The van der Waals surface area contributed by atoms with Gasteiger partial charge < -0.3 is 11.1 Å². The first kappa shape index (κ1) is 21.5. The third-order valence-corrected chi connectivity index (χ3v) is 3.93. The minimum atomic E-state index is -0.478. The highest BCUT2D eigenvalue weighted by Crippen LogP contribution is 2.26. The molecule has 4 nitrogen and oxygen atoms in total. The highest BCUT2D eigenvalue weighted by atomic mass is 35.5. The van der Waals surface area contributed by atoms with Crippen molar-refractivity contribution in [3.63, 3.8) is 0 Å². The highest BCUT2D eigenvalue weighted by molar-refractivity contribution is 6.30. The summed E-state index contributed by atoms with van der Waals surface area (Å²) in [5, 5.41) is 3.66. The molecule has 3 N–H and O–H groups in total. The molecule has 22 heavy (non-hydrogen) atoms. The summed E-state index contributed by atoms with van der Waals surface area (Å²) in [5.41, 5.74) is 6.73. The summed E-state index contributed by atoms with van der Waals surface area (Å²) < 4.78 is 0. The average molecular weight is 369 g/mol. The van der Waals surface area contributed by atoms with E-state index in [-0.39, 0.29) is 36.8 Å². The minimum Gasteiger partial charge on any atom is -0.353 e. The maximum Gasteiger partial charge on any atom is 0.236 e. The molecule has 1 unspecified atom stereocenters. The Morgan fingerprint density at radius 1 is 1.36 bits per heavy atom. The van der Waals surface area contributed by atoms with E-state index in [1.165, 1.54) is 12.8 Å². The number of likely N-dealkylation sites (tertiary alicyclic amines) is 1. The van der Waals surface area contributed by atoms with Crippen LogP contribution in [-0.4, -0.2) is 36.5 Å². The summed E-state index contributed by atoms with van der Waals surface area (Å²) in [7, 11) is 0. The van der Waals surface area contributed by atoms with Gasteiger partial charge in [-0.2, -0.15) is 0 Å². The second kappa shape index (κ2) is 10.3. The van der Waals surface area contributed by atoms with Gasteiger partial charge in [-0.3, -0.25) is 9.69 Å². The summed E-state index contributed by atoms with van der Waals surface area (Å²) in [5.74, 6) is -0.115. The predicted molar refractivity (Wildman–Crippen MR) is 96.2 cm³/mol. The number of benzene rings is 1. The number of hydrogen-bond acceptors (Lipinski definition) is 3. The van der Waals surface area contributed by atoms with Crippen molar-refractivity contribution in [1.29, 1.82) is 0 Å². The third kappa shape index (κ3) is 5.94. The first-order valence-electron chi connectivity index (χ1n) is 7.10. The largest absolute Gasteiger partial charge is 0.353 e. The lowest BCUT2D eigenvalue weighted by Crippen LogP contribution is -2.43. The Morgan fingerprint density at radius 2 is 2.00 bits per heavy atom. The average Bonchev–Trinajstić information content (AvgIpc) is 2.92. The van der Waals surface area contributed by atoms with E-state index in [0.29, 0.717) is 6.54 Å². The molecule has 0 aromatic heterocycles. The molecule has 0 aliphatic carbocycles. The smallest absolute Gasteiger partial charge is 0.236 e. The maximum atomic E-state index is 11.7. The van der Waals surface area contributed by atoms with Crippen LogP contribution in [0.25, 0.3) is 0 Å². The van der Waals surface area contributed by atoms with Gasteiger partial charge in [0.05, 0.1) is 12.1 Å². The Hall–Kier alpha value is -0.520. The molecule has 1 saturated heterocycles. The van der Waals surface area contributed by atoms with E-state index in [2.05, 4.69) is 16.3 Å². The SMILES string of the molecule is C[C@@H](N)C(=O)NCC(c1cccc(Cl)c1)N1CCCC1.Cl.Cl. The van der Waals surface area contributed by atoms with Crippen LogP contribution in [0.1, 0.15) is 31.4 Å². The normalized spacial score (nSPS) is 17.0. The number of halogens is 3. The Bertz CT molecular complexity index is 465. The zero-order valence-corrected chi connectivity index (χ0v) is 15.0. The van der Waals surface area contributed by atoms with Crippen LogP contribution >= 0.6 is 36.4 Å². The number of nitrogens with one attached hydrogen (secondary N) is 1. The fourth-order valence-electron chi connectivity index (χ4n) is 2.58. The van der Waals surface area contributed by atoms with Crippen molar-refractivity contribution in [2.24, 2.45) is 5.73 Å². The molecule has 1 amide bonds. The summed E-state index contributed by atoms with van der Waals surface area (Å²) in [6.07, 6.45) is 2.41. The van der Waals surface area contributed by atoms with Crippen molar-refractivity contribution in [2.75, 3.05) is 19.6 Å². The van der Waals surface area contributed by atoms with Gasteiger partial charge in [0, 0.05) is 11.6 Å². The molecule has 7 heteroatoms. The highest BCUT2D eigenvalue weighted by Gasteiger charge is 2.24. The molecular formula is C15H24Cl3N3O. The van der Waals surface area contributed by atoms with Crippen LogP contribution in [0.4, 0.5) is 0 Å². The molecule has 1 aromatic carbocycles. The maximum absolute atomic E-state index is 11.7. The van der Waals surface area contributed by atoms with E-state index >= 15 is 0 Å². The van der Waals surface area contributed by atoms with Gasteiger partial charge >= 0.3 is 0 Å². The van der Waals surface area contributed by atoms with Crippen molar-refractivity contribution in [3.8, 4) is 0 Å². The molecule has 126 valence electrons. The van der Waals surface area contributed by atoms with Crippen molar-refractivity contribution in [1.82, 2.24) is 10.2 Å². The van der Waals surface area contributed by atoms with Gasteiger partial charge in [0.1, 0.15) is 0 Å². The molecule has 2 atom stereocenters. The molecule has 1 aliphatic rings. The van der Waals surface area contributed by atoms with Crippen molar-refractivity contribution < 1.29 is 4.79 Å². The second-order valence-corrected chi connectivity index (χ2v) is 5.78. The monoisotopic (exact) mass is 367 g/mol. The molecule has 1 heterocycles. The molecule has 1 aliphatic heterocycles. The number of carbonyl (C=O) groups excluding carboxylic acids is 1. The molecule has 1 fully saturated rings. The Morgan fingerprint density at radius 3 is 2.55 bits per heavy atom. The van der Waals surface area contributed by atoms with Crippen LogP contribution in [0, 0.1) is 0 Å². The van der Waals surface area contributed by atoms with Gasteiger partial charge in [-0.05, 0) is 50.6 Å². The van der Waals surface area contributed by atoms with E-state index in [1.54, 1.807) is 6.92 Å². The number of carbonyl (C=O) groups is 1. The van der Waals surface area contributed by atoms with Gasteiger partial charge in [-0.15, -0.1) is 24.8 Å². The van der Waals surface area contributed by atoms with E-state index in [1.807, 2.05) is 18.2 Å². The molecule has 1 aromatic rings. The number of nitrogens with zero attached hydrogens (tertiary/aromatic N) is 1. The van der Waals surface area contributed by atoms with Crippen LogP contribution in [-0.2, 0) is 4.79 Å². The summed E-state index contributed by atoms with van der Waals surface area (Å²) in [6.45, 7) is 4.39. The quantitative estimate of drug-likeness (QED) is 0.840. The van der Waals surface area contributed by atoms with Crippen LogP contribution in [0.15, 0.2) is 24.3 Å². The topological polar surface area (TPSA) is 58.4 Å². The summed E-state index contributed by atoms with van der Waals surface area (Å²) >= 11 is 6.08. The van der Waals surface area contributed by atoms with E-state index in [0.717, 1.165) is 23.7 Å². The van der Waals surface area contributed by atoms with E-state index < -0.39 is 6.04 Å². The van der Waals surface area contributed by atoms with E-state index in [9.17, 15) is 4.79 Å². The molecule has 0 bridgehead atoms.